The van der Waals surface area contributed by atoms with E-state index >= 15 is 0 Å². The monoisotopic (exact) mass is 514 g/mol. The summed E-state index contributed by atoms with van der Waals surface area (Å²) < 4.78 is 0. The van der Waals surface area contributed by atoms with Crippen molar-refractivity contribution in [1.29, 1.82) is 0 Å². The molecule has 0 aromatic heterocycles. The van der Waals surface area contributed by atoms with Crippen molar-refractivity contribution in [3.05, 3.63) is 131 Å². The van der Waals surface area contributed by atoms with Crippen LogP contribution in [0, 0.1) is 12.8 Å². The van der Waals surface area contributed by atoms with Gasteiger partial charge in [-0.2, -0.15) is 0 Å². The second kappa shape index (κ2) is 10.9. The second-order valence-electron chi connectivity index (χ2n) is 11.2. The molecule has 38 heavy (non-hydrogen) atoms. The van der Waals surface area contributed by atoms with E-state index in [0.717, 1.165) is 6.42 Å². The Kier molecular flexibility index (Phi) is 7.56. The van der Waals surface area contributed by atoms with E-state index < -0.39 is 0 Å². The first-order valence-corrected chi connectivity index (χ1v) is 14.4. The van der Waals surface area contributed by atoms with Crippen molar-refractivity contribution >= 4 is 20.1 Å². The highest BCUT2D eigenvalue weighted by molar-refractivity contribution is 7.28. The first-order valence-electron chi connectivity index (χ1n) is 13.9. The summed E-state index contributed by atoms with van der Waals surface area (Å²) in [7, 11) is 2.91. The van der Waals surface area contributed by atoms with Gasteiger partial charge < -0.3 is 0 Å². The van der Waals surface area contributed by atoms with Crippen molar-refractivity contribution < 1.29 is 0 Å². The molecule has 0 amide bonds. The fourth-order valence-corrected chi connectivity index (χ4v) is 6.51. The predicted molar refractivity (Wildman–Crippen MR) is 170 cm³/mol. The van der Waals surface area contributed by atoms with Gasteiger partial charge in [0.15, 0.2) is 0 Å². The maximum absolute atomic E-state index is 2.91. The Hall–Kier alpha value is -3.21. The lowest BCUT2D eigenvalue weighted by Crippen LogP contribution is -2.17. The highest BCUT2D eigenvalue weighted by Gasteiger charge is 2.38. The van der Waals surface area contributed by atoms with E-state index in [1.54, 1.807) is 5.57 Å². The van der Waals surface area contributed by atoms with Crippen LogP contribution in [-0.4, -0.2) is 0 Å². The first-order chi connectivity index (χ1) is 18.3. The van der Waals surface area contributed by atoms with Crippen molar-refractivity contribution in [3.8, 4) is 22.3 Å². The van der Waals surface area contributed by atoms with Gasteiger partial charge in [0.05, 0.1) is 0 Å². The van der Waals surface area contributed by atoms with E-state index in [2.05, 4.69) is 147 Å². The van der Waals surface area contributed by atoms with Crippen LogP contribution in [0.2, 0.25) is 0 Å². The minimum atomic E-state index is 0.182. The molecule has 4 aromatic carbocycles. The smallest absolute Gasteiger partial charge is 0.0155 e. The van der Waals surface area contributed by atoms with Crippen LogP contribution in [0.15, 0.2) is 109 Å². The van der Waals surface area contributed by atoms with Gasteiger partial charge in [-0.15, -0.1) is 9.24 Å². The number of allylic oxidation sites excluding steroid dienone is 4. The Labute approximate surface area is 231 Å². The van der Waals surface area contributed by atoms with Gasteiger partial charge in [0.25, 0.3) is 0 Å². The molecule has 2 unspecified atom stereocenters. The van der Waals surface area contributed by atoms with E-state index in [1.165, 1.54) is 61.8 Å². The molecule has 1 heteroatoms. The van der Waals surface area contributed by atoms with Gasteiger partial charge >= 0.3 is 0 Å². The standard InChI is InChI=1S/C20H19P.C17H20/c1-2-15-11-13-17(14-12-15)19-10-6-9-18(20(19)21)16-7-4-3-5-8-16;1-11-8-9-13-15(10-11)17(3,4)14-7-5-6-12(2)16(13)14/h3-14H,2,21H2,1H3;5,7-10,12H,6H2,1-4H3. The van der Waals surface area contributed by atoms with E-state index in [4.69, 9.17) is 0 Å². The molecule has 4 aromatic rings. The summed E-state index contributed by atoms with van der Waals surface area (Å²) in [6.07, 6.45) is 6.95. The summed E-state index contributed by atoms with van der Waals surface area (Å²) in [6, 6.07) is 32.9. The zero-order valence-corrected chi connectivity index (χ0v) is 24.5. The lowest BCUT2D eigenvalue weighted by Gasteiger charge is -2.25. The molecule has 0 fully saturated rings. The molecule has 192 valence electrons. The van der Waals surface area contributed by atoms with E-state index in [-0.39, 0.29) is 5.41 Å². The predicted octanol–water partition coefficient (Wildman–Crippen LogP) is 9.72. The Bertz CT molecular complexity index is 1500. The minimum Gasteiger partial charge on any atom is -0.104 e. The molecule has 0 radical (unpaired) electrons. The highest BCUT2D eigenvalue weighted by atomic mass is 31.0. The number of rotatable bonds is 3. The van der Waals surface area contributed by atoms with E-state index in [1.807, 2.05) is 0 Å². The minimum absolute atomic E-state index is 0.182. The normalized spacial score (nSPS) is 16.9. The zero-order valence-electron chi connectivity index (χ0n) is 23.4. The SMILES string of the molecule is CCc1ccc(-c2cccc(-c3ccccc3)c2P)cc1.Cc1ccc2c(c1)C(C)(C)C1=C2C(C)CC=C1. The van der Waals surface area contributed by atoms with Gasteiger partial charge in [0, 0.05) is 5.41 Å². The van der Waals surface area contributed by atoms with Crippen LogP contribution in [0.25, 0.3) is 27.8 Å². The quantitative estimate of drug-likeness (QED) is 0.239. The van der Waals surface area contributed by atoms with Crippen LogP contribution >= 0.6 is 9.24 Å². The zero-order chi connectivity index (χ0) is 26.9. The van der Waals surface area contributed by atoms with Gasteiger partial charge in [-0.1, -0.05) is 136 Å². The van der Waals surface area contributed by atoms with Crippen molar-refractivity contribution in [2.75, 3.05) is 0 Å². The highest BCUT2D eigenvalue weighted by Crippen LogP contribution is 2.51. The molecule has 0 heterocycles. The van der Waals surface area contributed by atoms with Crippen LogP contribution in [0.3, 0.4) is 0 Å². The van der Waals surface area contributed by atoms with Gasteiger partial charge in [0.1, 0.15) is 0 Å². The third-order valence-electron chi connectivity index (χ3n) is 8.23. The Balaban J connectivity index is 0.000000158. The van der Waals surface area contributed by atoms with Crippen LogP contribution in [0.4, 0.5) is 0 Å². The average molecular weight is 515 g/mol. The van der Waals surface area contributed by atoms with Gasteiger partial charge in [-0.25, -0.2) is 0 Å². The van der Waals surface area contributed by atoms with Gasteiger partial charge in [-0.3, -0.25) is 0 Å². The Morgan fingerprint density at radius 2 is 1.45 bits per heavy atom. The number of benzene rings is 4. The van der Waals surface area contributed by atoms with Crippen LogP contribution in [0.1, 0.15) is 56.4 Å². The number of hydrogen-bond acceptors (Lipinski definition) is 0. The third-order valence-corrected chi connectivity index (χ3v) is 8.86. The lowest BCUT2D eigenvalue weighted by atomic mass is 9.78. The van der Waals surface area contributed by atoms with Crippen LogP contribution < -0.4 is 5.30 Å². The molecule has 0 saturated heterocycles. The molecular weight excluding hydrogens is 475 g/mol. The molecule has 0 aliphatic heterocycles. The molecule has 0 nitrogen and oxygen atoms in total. The number of aryl methyl sites for hydroxylation is 2. The van der Waals surface area contributed by atoms with Gasteiger partial charge in [0.2, 0.25) is 0 Å². The molecule has 2 atom stereocenters. The summed E-state index contributed by atoms with van der Waals surface area (Å²) in [4.78, 5) is 0. The maximum atomic E-state index is 2.91. The maximum Gasteiger partial charge on any atom is 0.0155 e. The summed E-state index contributed by atoms with van der Waals surface area (Å²) >= 11 is 0. The molecule has 0 N–H and O–H groups in total. The molecular formula is C37H39P. The Morgan fingerprint density at radius 3 is 2.11 bits per heavy atom. The van der Waals surface area contributed by atoms with Crippen LogP contribution in [0.5, 0.6) is 0 Å². The van der Waals surface area contributed by atoms with Crippen molar-refractivity contribution in [1.82, 2.24) is 0 Å². The van der Waals surface area contributed by atoms with E-state index in [9.17, 15) is 0 Å². The molecule has 0 saturated carbocycles. The molecule has 6 rings (SSSR count). The van der Waals surface area contributed by atoms with Gasteiger partial charge in [-0.05, 0) is 81.1 Å². The molecule has 0 bridgehead atoms. The summed E-state index contributed by atoms with van der Waals surface area (Å²) in [5, 5.41) is 1.26. The van der Waals surface area contributed by atoms with E-state index in [0.29, 0.717) is 5.92 Å². The topological polar surface area (TPSA) is 0 Å². The fraction of sp³-hybridized carbons (Fsp3) is 0.243. The second-order valence-corrected chi connectivity index (χ2v) is 11.8. The molecule has 2 aliphatic rings. The lowest BCUT2D eigenvalue weighted by molar-refractivity contribution is 0.643. The fourth-order valence-electron chi connectivity index (χ4n) is 5.98. The molecule has 0 spiro atoms. The summed E-state index contributed by atoms with van der Waals surface area (Å²) in [6.45, 7) is 11.4. The van der Waals surface area contributed by atoms with Crippen LogP contribution in [-0.2, 0) is 11.8 Å². The number of hydrogen-bond donors (Lipinski definition) is 0. The average Bonchev–Trinajstić information content (AvgIpc) is 3.17. The summed E-state index contributed by atoms with van der Waals surface area (Å²) in [5.41, 5.74) is 14.2. The number of fused-ring (bicyclic) bond motifs is 2. The first kappa shape index (κ1) is 26.4. The Morgan fingerprint density at radius 1 is 0.789 bits per heavy atom. The molecule has 2 aliphatic carbocycles. The van der Waals surface area contributed by atoms with Crippen molar-refractivity contribution in [2.45, 2.75) is 52.9 Å². The van der Waals surface area contributed by atoms with Crippen molar-refractivity contribution in [3.63, 3.8) is 0 Å². The summed E-state index contributed by atoms with van der Waals surface area (Å²) in [5.74, 6) is 0.665. The third kappa shape index (κ3) is 4.95. The van der Waals surface area contributed by atoms with Crippen molar-refractivity contribution in [2.24, 2.45) is 5.92 Å². The largest absolute Gasteiger partial charge is 0.104 e.